The van der Waals surface area contributed by atoms with Crippen molar-refractivity contribution < 1.29 is 4.79 Å². The van der Waals surface area contributed by atoms with E-state index >= 15 is 0 Å². The lowest BCUT2D eigenvalue weighted by molar-refractivity contribution is -0.132. The number of carbonyl (C=O) groups excluding carboxylic acids is 1. The van der Waals surface area contributed by atoms with Gasteiger partial charge in [-0.3, -0.25) is 19.1 Å². The van der Waals surface area contributed by atoms with Gasteiger partial charge in [0.1, 0.15) is 12.4 Å². The molecular formula is C26H28N4O2. The Morgan fingerprint density at radius 2 is 1.69 bits per heavy atom. The number of rotatable bonds is 4. The molecule has 3 heterocycles. The molecule has 1 amide bonds. The van der Waals surface area contributed by atoms with Crippen LogP contribution in [0.25, 0.3) is 11.4 Å². The smallest absolute Gasteiger partial charge is 0.259 e. The number of aromatic nitrogens is 2. The summed E-state index contributed by atoms with van der Waals surface area (Å²) in [5.74, 6) is 0.550. The Morgan fingerprint density at radius 1 is 0.938 bits per heavy atom. The van der Waals surface area contributed by atoms with E-state index in [4.69, 9.17) is 4.98 Å². The van der Waals surface area contributed by atoms with E-state index in [1.54, 1.807) is 4.57 Å². The lowest BCUT2D eigenvalue weighted by Crippen LogP contribution is -2.42. The molecule has 0 radical (unpaired) electrons. The largest absolute Gasteiger partial charge is 0.336 e. The molecule has 0 aliphatic carbocycles. The van der Waals surface area contributed by atoms with Crippen LogP contribution in [0.15, 0.2) is 59.4 Å². The van der Waals surface area contributed by atoms with E-state index in [1.165, 1.54) is 11.1 Å². The van der Waals surface area contributed by atoms with E-state index in [1.807, 2.05) is 47.4 Å². The van der Waals surface area contributed by atoms with Crippen molar-refractivity contribution in [3.63, 3.8) is 0 Å². The minimum absolute atomic E-state index is 0.0115. The van der Waals surface area contributed by atoms with Gasteiger partial charge in [0.25, 0.3) is 5.56 Å². The van der Waals surface area contributed by atoms with Crippen LogP contribution in [-0.2, 0) is 37.3 Å². The van der Waals surface area contributed by atoms with Crippen LogP contribution in [-0.4, -0.2) is 44.9 Å². The first-order valence-electron chi connectivity index (χ1n) is 11.4. The molecule has 0 saturated heterocycles. The predicted octanol–water partition coefficient (Wildman–Crippen LogP) is 2.87. The first kappa shape index (κ1) is 20.6. The first-order chi connectivity index (χ1) is 15.6. The normalized spacial score (nSPS) is 15.8. The molecule has 0 N–H and O–H groups in total. The van der Waals surface area contributed by atoms with Crippen molar-refractivity contribution in [3.8, 4) is 11.4 Å². The van der Waals surface area contributed by atoms with Gasteiger partial charge < -0.3 is 4.90 Å². The fraction of sp³-hybridized carbons (Fsp3) is 0.346. The first-order valence-corrected chi connectivity index (χ1v) is 11.4. The number of hydrogen-bond acceptors (Lipinski definition) is 4. The Labute approximate surface area is 188 Å². The van der Waals surface area contributed by atoms with Gasteiger partial charge in [-0.25, -0.2) is 4.98 Å². The third-order valence-corrected chi connectivity index (χ3v) is 6.65. The van der Waals surface area contributed by atoms with Gasteiger partial charge in [-0.1, -0.05) is 61.5 Å². The van der Waals surface area contributed by atoms with Gasteiger partial charge in [-0.05, 0) is 24.1 Å². The molecule has 0 saturated carbocycles. The van der Waals surface area contributed by atoms with Gasteiger partial charge >= 0.3 is 0 Å². The van der Waals surface area contributed by atoms with Crippen molar-refractivity contribution >= 4 is 5.91 Å². The lowest BCUT2D eigenvalue weighted by Gasteiger charge is -2.30. The zero-order valence-corrected chi connectivity index (χ0v) is 18.5. The van der Waals surface area contributed by atoms with Crippen LogP contribution in [0.5, 0.6) is 0 Å². The van der Waals surface area contributed by atoms with Gasteiger partial charge in [0.05, 0.1) is 11.3 Å². The van der Waals surface area contributed by atoms with Crippen LogP contribution in [0.1, 0.15) is 29.3 Å². The summed E-state index contributed by atoms with van der Waals surface area (Å²) in [4.78, 5) is 36.0. The highest BCUT2D eigenvalue weighted by molar-refractivity contribution is 5.77. The molecule has 2 aromatic carbocycles. The second-order valence-electron chi connectivity index (χ2n) is 8.57. The quantitative estimate of drug-likeness (QED) is 0.641. The molecule has 1 aromatic heterocycles. The third-order valence-electron chi connectivity index (χ3n) is 6.65. The molecule has 0 atom stereocenters. The Hall–Kier alpha value is -3.25. The Kier molecular flexibility index (Phi) is 5.62. The zero-order chi connectivity index (χ0) is 22.1. The van der Waals surface area contributed by atoms with Gasteiger partial charge in [-0.15, -0.1) is 0 Å². The number of fused-ring (bicyclic) bond motifs is 2. The second kappa shape index (κ2) is 8.71. The minimum atomic E-state index is -0.0854. The van der Waals surface area contributed by atoms with E-state index in [0.717, 1.165) is 42.8 Å². The summed E-state index contributed by atoms with van der Waals surface area (Å²) in [6.07, 6.45) is 1.60. The average molecular weight is 429 g/mol. The average Bonchev–Trinajstić information content (AvgIpc) is 2.85. The Morgan fingerprint density at radius 3 is 2.47 bits per heavy atom. The molecular weight excluding hydrogens is 400 g/mol. The number of carbonyl (C=O) groups is 1. The highest BCUT2D eigenvalue weighted by Gasteiger charge is 2.26. The summed E-state index contributed by atoms with van der Waals surface area (Å²) in [5.41, 5.74) is 4.86. The summed E-state index contributed by atoms with van der Waals surface area (Å²) in [7, 11) is 0. The molecule has 6 nitrogen and oxygen atoms in total. The monoisotopic (exact) mass is 428 g/mol. The minimum Gasteiger partial charge on any atom is -0.336 e. The zero-order valence-electron chi connectivity index (χ0n) is 18.5. The number of likely N-dealkylation sites (N-methyl/N-ethyl adjacent to an activating group) is 1. The molecule has 164 valence electrons. The van der Waals surface area contributed by atoms with Crippen molar-refractivity contribution in [1.82, 2.24) is 19.4 Å². The van der Waals surface area contributed by atoms with Crippen molar-refractivity contribution in [3.05, 3.63) is 87.3 Å². The maximum Gasteiger partial charge on any atom is 0.259 e. The van der Waals surface area contributed by atoms with Crippen molar-refractivity contribution in [2.45, 2.75) is 39.4 Å². The van der Waals surface area contributed by atoms with Crippen LogP contribution in [0.3, 0.4) is 0 Å². The summed E-state index contributed by atoms with van der Waals surface area (Å²) in [6.45, 7) is 5.77. The standard InChI is InChI=1S/C26H28N4O2/c1-2-28-14-13-23-22(17-28)26(32)30(25(27-23)20-9-4-3-5-10-20)18-24(31)29-15-12-19-8-6-7-11-21(19)16-29/h3-11H,2,12-18H2,1H3. The molecule has 2 aliphatic heterocycles. The predicted molar refractivity (Wildman–Crippen MR) is 124 cm³/mol. The molecule has 32 heavy (non-hydrogen) atoms. The maximum absolute atomic E-state index is 13.6. The van der Waals surface area contributed by atoms with E-state index in [9.17, 15) is 9.59 Å². The van der Waals surface area contributed by atoms with E-state index < -0.39 is 0 Å². The molecule has 6 heteroatoms. The van der Waals surface area contributed by atoms with Crippen LogP contribution in [0, 0.1) is 0 Å². The third kappa shape index (κ3) is 3.86. The lowest BCUT2D eigenvalue weighted by atomic mass is 10.00. The molecule has 2 aliphatic rings. The topological polar surface area (TPSA) is 58.4 Å². The van der Waals surface area contributed by atoms with Gasteiger partial charge in [-0.2, -0.15) is 0 Å². The number of nitrogens with zero attached hydrogens (tertiary/aromatic N) is 4. The van der Waals surface area contributed by atoms with Crippen LogP contribution < -0.4 is 5.56 Å². The maximum atomic E-state index is 13.6. The van der Waals surface area contributed by atoms with Gasteiger partial charge in [0.2, 0.25) is 5.91 Å². The summed E-state index contributed by atoms with van der Waals surface area (Å²) < 4.78 is 1.59. The summed E-state index contributed by atoms with van der Waals surface area (Å²) in [5, 5.41) is 0. The molecule has 5 rings (SSSR count). The second-order valence-corrected chi connectivity index (χ2v) is 8.57. The molecule has 0 unspecified atom stereocenters. The molecule has 3 aromatic rings. The van der Waals surface area contributed by atoms with Crippen LogP contribution in [0.2, 0.25) is 0 Å². The Bertz CT molecular complexity index is 1200. The van der Waals surface area contributed by atoms with E-state index in [2.05, 4.69) is 24.0 Å². The fourth-order valence-electron chi connectivity index (χ4n) is 4.74. The number of benzene rings is 2. The van der Waals surface area contributed by atoms with Gasteiger partial charge in [0, 0.05) is 38.2 Å². The number of amides is 1. The van der Waals surface area contributed by atoms with E-state index in [0.29, 0.717) is 25.5 Å². The van der Waals surface area contributed by atoms with Crippen LogP contribution >= 0.6 is 0 Å². The highest BCUT2D eigenvalue weighted by Crippen LogP contribution is 2.22. The Balaban J connectivity index is 1.51. The van der Waals surface area contributed by atoms with E-state index in [-0.39, 0.29) is 18.0 Å². The number of hydrogen-bond donors (Lipinski definition) is 0. The summed E-state index contributed by atoms with van der Waals surface area (Å²) >= 11 is 0. The van der Waals surface area contributed by atoms with Crippen molar-refractivity contribution in [1.29, 1.82) is 0 Å². The van der Waals surface area contributed by atoms with Crippen molar-refractivity contribution in [2.75, 3.05) is 19.6 Å². The van der Waals surface area contributed by atoms with Crippen molar-refractivity contribution in [2.24, 2.45) is 0 Å². The summed E-state index contributed by atoms with van der Waals surface area (Å²) in [6, 6.07) is 18.0. The molecule has 0 bridgehead atoms. The SMILES string of the molecule is CCN1CCc2nc(-c3ccccc3)n(CC(=O)N3CCc4ccccc4C3)c(=O)c2C1. The van der Waals surface area contributed by atoms with Crippen LogP contribution in [0.4, 0.5) is 0 Å². The fourth-order valence-corrected chi connectivity index (χ4v) is 4.74. The highest BCUT2D eigenvalue weighted by atomic mass is 16.2. The molecule has 0 fully saturated rings. The van der Waals surface area contributed by atoms with Gasteiger partial charge in [0.15, 0.2) is 0 Å². The molecule has 0 spiro atoms.